The Morgan fingerprint density at radius 3 is 2.56 bits per heavy atom. The van der Waals surface area contributed by atoms with Gasteiger partial charge in [-0.05, 0) is 13.3 Å². The molecule has 9 heavy (non-hydrogen) atoms. The molecule has 3 atom stereocenters. The first-order valence-electron chi connectivity index (χ1n) is 3.55. The lowest BCUT2D eigenvalue weighted by atomic mass is 9.98. The van der Waals surface area contributed by atoms with E-state index < -0.39 is 0 Å². The lowest BCUT2D eigenvalue weighted by Gasteiger charge is -2.12. The van der Waals surface area contributed by atoms with Crippen LogP contribution in [0.1, 0.15) is 20.3 Å². The van der Waals surface area contributed by atoms with Crippen molar-refractivity contribution >= 4 is 0 Å². The van der Waals surface area contributed by atoms with Crippen LogP contribution in [0, 0.1) is 5.92 Å². The van der Waals surface area contributed by atoms with Gasteiger partial charge < -0.3 is 9.84 Å². The number of rotatable bonds is 1. The molecule has 1 saturated heterocycles. The number of aliphatic hydroxyl groups excluding tert-OH is 1. The average Bonchev–Trinajstić information content (AvgIpc) is 2.12. The van der Waals surface area contributed by atoms with Crippen LogP contribution in [0.25, 0.3) is 0 Å². The molecule has 2 nitrogen and oxygen atoms in total. The van der Waals surface area contributed by atoms with Crippen molar-refractivity contribution in [2.24, 2.45) is 5.92 Å². The highest BCUT2D eigenvalue weighted by Crippen LogP contribution is 2.23. The lowest BCUT2D eigenvalue weighted by Crippen LogP contribution is -2.20. The molecule has 1 N–H and O–H groups in total. The van der Waals surface area contributed by atoms with Gasteiger partial charge >= 0.3 is 0 Å². The Labute approximate surface area is 55.8 Å². The zero-order chi connectivity index (χ0) is 6.85. The van der Waals surface area contributed by atoms with Crippen molar-refractivity contribution in [1.82, 2.24) is 0 Å². The monoisotopic (exact) mass is 130 g/mol. The van der Waals surface area contributed by atoms with Gasteiger partial charge in [0.05, 0.1) is 18.8 Å². The fraction of sp³-hybridized carbons (Fsp3) is 1.00. The molecule has 1 rings (SSSR count). The number of ether oxygens (including phenoxy) is 1. The van der Waals surface area contributed by atoms with Crippen molar-refractivity contribution in [3.63, 3.8) is 0 Å². The van der Waals surface area contributed by atoms with Gasteiger partial charge in [0.2, 0.25) is 0 Å². The maximum Gasteiger partial charge on any atom is 0.0826 e. The molecule has 0 aromatic rings. The van der Waals surface area contributed by atoms with Gasteiger partial charge in [-0.1, -0.05) is 6.92 Å². The minimum atomic E-state index is -0.218. The summed E-state index contributed by atoms with van der Waals surface area (Å²) in [7, 11) is 0. The fourth-order valence-electron chi connectivity index (χ4n) is 1.41. The van der Waals surface area contributed by atoms with Crippen LogP contribution >= 0.6 is 0 Å². The van der Waals surface area contributed by atoms with Crippen LogP contribution < -0.4 is 0 Å². The molecular formula is C7H14O2. The summed E-state index contributed by atoms with van der Waals surface area (Å²) in [5.41, 5.74) is 0. The molecule has 0 spiro atoms. The van der Waals surface area contributed by atoms with Gasteiger partial charge in [0.1, 0.15) is 0 Å². The van der Waals surface area contributed by atoms with Crippen LogP contribution in [0.5, 0.6) is 0 Å². The molecule has 54 valence electrons. The predicted molar refractivity (Wildman–Crippen MR) is 35.2 cm³/mol. The summed E-state index contributed by atoms with van der Waals surface area (Å²) in [6.45, 7) is 4.63. The van der Waals surface area contributed by atoms with Crippen molar-refractivity contribution in [1.29, 1.82) is 0 Å². The molecule has 1 unspecified atom stereocenters. The van der Waals surface area contributed by atoms with Gasteiger partial charge in [-0.25, -0.2) is 0 Å². The maximum absolute atomic E-state index is 9.23. The van der Waals surface area contributed by atoms with Crippen molar-refractivity contribution in [2.75, 3.05) is 6.61 Å². The van der Waals surface area contributed by atoms with Gasteiger partial charge in [0.25, 0.3) is 0 Å². The Morgan fingerprint density at radius 2 is 2.33 bits per heavy atom. The van der Waals surface area contributed by atoms with Crippen molar-refractivity contribution in [3.8, 4) is 0 Å². The number of hydrogen-bond acceptors (Lipinski definition) is 2. The molecule has 1 aliphatic heterocycles. The molecule has 0 bridgehead atoms. The summed E-state index contributed by atoms with van der Waals surface area (Å²) in [5.74, 6) is 0.366. The highest BCUT2D eigenvalue weighted by atomic mass is 16.5. The van der Waals surface area contributed by atoms with Crippen molar-refractivity contribution in [2.45, 2.75) is 32.5 Å². The summed E-state index contributed by atoms with van der Waals surface area (Å²) in [6, 6.07) is 0. The summed E-state index contributed by atoms with van der Waals surface area (Å²) in [4.78, 5) is 0. The minimum Gasteiger partial charge on any atom is -0.390 e. The normalized spacial score (nSPS) is 43.7. The minimum absolute atomic E-state index is 0.218. The molecule has 0 aromatic carbocycles. The molecule has 1 fully saturated rings. The summed E-state index contributed by atoms with van der Waals surface area (Å²) >= 11 is 0. The lowest BCUT2D eigenvalue weighted by molar-refractivity contribution is 0.0963. The first-order chi connectivity index (χ1) is 4.25. The van der Waals surface area contributed by atoms with Gasteiger partial charge in [-0.2, -0.15) is 0 Å². The van der Waals surface area contributed by atoms with E-state index in [4.69, 9.17) is 4.74 Å². The predicted octanol–water partition coefficient (Wildman–Crippen LogP) is 0.792. The Hall–Kier alpha value is -0.0800. The Morgan fingerprint density at radius 1 is 1.67 bits per heavy atom. The Balaban J connectivity index is 2.44. The Bertz CT molecular complexity index is 82.9. The van der Waals surface area contributed by atoms with E-state index in [0.717, 1.165) is 6.42 Å². The van der Waals surface area contributed by atoms with E-state index in [-0.39, 0.29) is 12.2 Å². The van der Waals surface area contributed by atoms with Crippen LogP contribution in [-0.4, -0.2) is 23.9 Å². The van der Waals surface area contributed by atoms with E-state index in [1.54, 1.807) is 0 Å². The average molecular weight is 130 g/mol. The van der Waals surface area contributed by atoms with Crippen LogP contribution in [-0.2, 0) is 4.74 Å². The van der Waals surface area contributed by atoms with Gasteiger partial charge in [-0.3, -0.25) is 0 Å². The molecule has 0 aliphatic carbocycles. The van der Waals surface area contributed by atoms with Crippen molar-refractivity contribution in [3.05, 3.63) is 0 Å². The second-order valence-electron chi connectivity index (χ2n) is 2.68. The highest BCUT2D eigenvalue weighted by molar-refractivity contribution is 4.79. The molecule has 0 amide bonds. The van der Waals surface area contributed by atoms with Crippen LogP contribution in [0.3, 0.4) is 0 Å². The largest absolute Gasteiger partial charge is 0.390 e. The van der Waals surface area contributed by atoms with Crippen LogP contribution in [0.15, 0.2) is 0 Å². The number of aliphatic hydroxyl groups is 1. The second kappa shape index (κ2) is 2.67. The molecule has 0 radical (unpaired) electrons. The number of hydrogen-bond donors (Lipinski definition) is 1. The highest BCUT2D eigenvalue weighted by Gasteiger charge is 2.30. The summed E-state index contributed by atoms with van der Waals surface area (Å²) in [5, 5.41) is 9.23. The van der Waals surface area contributed by atoms with Crippen LogP contribution in [0.2, 0.25) is 0 Å². The zero-order valence-corrected chi connectivity index (χ0v) is 6.00. The quantitative estimate of drug-likeness (QED) is 0.568. The fourth-order valence-corrected chi connectivity index (χ4v) is 1.41. The molecule has 1 aliphatic rings. The third-order valence-electron chi connectivity index (χ3n) is 2.10. The summed E-state index contributed by atoms with van der Waals surface area (Å²) in [6.07, 6.45) is 1.05. The van der Waals surface area contributed by atoms with E-state index in [9.17, 15) is 5.11 Å². The van der Waals surface area contributed by atoms with E-state index in [2.05, 4.69) is 6.92 Å². The van der Waals surface area contributed by atoms with Crippen LogP contribution in [0.4, 0.5) is 0 Å². The van der Waals surface area contributed by atoms with Gasteiger partial charge in [-0.15, -0.1) is 0 Å². The van der Waals surface area contributed by atoms with E-state index in [0.29, 0.717) is 12.5 Å². The first kappa shape index (κ1) is 7.03. The molecular weight excluding hydrogens is 116 g/mol. The molecule has 0 aromatic heterocycles. The third kappa shape index (κ3) is 1.25. The first-order valence-corrected chi connectivity index (χ1v) is 3.55. The van der Waals surface area contributed by atoms with E-state index in [1.807, 2.05) is 6.92 Å². The Kier molecular flexibility index (Phi) is 2.09. The standard InChI is InChI=1S/C7H14O2/c1-3-6-5(2)9-4-7(6)8/h5-8H,3-4H2,1-2H3/t5?,6-,7-/m1/s1. The SMILES string of the molecule is CC[C@@H]1C(C)OC[C@H]1O. The van der Waals surface area contributed by atoms with Gasteiger partial charge in [0, 0.05) is 5.92 Å². The molecule has 2 heteroatoms. The van der Waals surface area contributed by atoms with Crippen molar-refractivity contribution < 1.29 is 9.84 Å². The second-order valence-corrected chi connectivity index (χ2v) is 2.68. The molecule has 0 saturated carbocycles. The zero-order valence-electron chi connectivity index (χ0n) is 6.00. The molecule has 1 heterocycles. The van der Waals surface area contributed by atoms with E-state index >= 15 is 0 Å². The van der Waals surface area contributed by atoms with Gasteiger partial charge in [0.15, 0.2) is 0 Å². The third-order valence-corrected chi connectivity index (χ3v) is 2.10. The maximum atomic E-state index is 9.23. The van der Waals surface area contributed by atoms with E-state index in [1.165, 1.54) is 0 Å². The summed E-state index contributed by atoms with van der Waals surface area (Å²) < 4.78 is 5.22. The smallest absolute Gasteiger partial charge is 0.0826 e. The topological polar surface area (TPSA) is 29.5 Å².